The molecule has 0 N–H and O–H groups in total. The van der Waals surface area contributed by atoms with E-state index in [1.165, 1.54) is 24.1 Å². The van der Waals surface area contributed by atoms with E-state index in [0.717, 1.165) is 56.3 Å². The Bertz CT molecular complexity index is 850. The van der Waals surface area contributed by atoms with E-state index in [1.807, 2.05) is 36.1 Å². The number of amides is 1. The molecule has 0 radical (unpaired) electrons. The fourth-order valence-corrected chi connectivity index (χ4v) is 4.20. The lowest BCUT2D eigenvalue weighted by molar-refractivity contribution is 0.0767. The summed E-state index contributed by atoms with van der Waals surface area (Å²) in [4.78, 5) is 26.7. The van der Waals surface area contributed by atoms with E-state index in [4.69, 9.17) is 9.72 Å². The summed E-state index contributed by atoms with van der Waals surface area (Å²) in [6, 6.07) is 7.36. The Morgan fingerprint density at radius 1 is 0.964 bits per heavy atom. The average molecular weight is 380 g/mol. The third-order valence-corrected chi connectivity index (χ3v) is 5.69. The van der Waals surface area contributed by atoms with Gasteiger partial charge in [0.2, 0.25) is 0 Å². The van der Waals surface area contributed by atoms with Gasteiger partial charge in [-0.05, 0) is 63.3 Å². The Balaban J connectivity index is 1.49. The van der Waals surface area contributed by atoms with Crippen molar-refractivity contribution in [1.82, 2.24) is 14.9 Å². The van der Waals surface area contributed by atoms with Crippen LogP contribution in [0.1, 0.15) is 46.7 Å². The van der Waals surface area contributed by atoms with Crippen LogP contribution in [0.15, 0.2) is 24.3 Å². The number of benzene rings is 1. The summed E-state index contributed by atoms with van der Waals surface area (Å²) in [5.41, 5.74) is 3.26. The summed E-state index contributed by atoms with van der Waals surface area (Å²) in [6.07, 6.45) is 5.49. The number of hydrogen-bond donors (Lipinski definition) is 0. The number of ether oxygens (including phenoxy) is 1. The van der Waals surface area contributed by atoms with E-state index in [2.05, 4.69) is 9.88 Å². The van der Waals surface area contributed by atoms with E-state index >= 15 is 0 Å². The number of fused-ring (bicyclic) bond motifs is 1. The first kappa shape index (κ1) is 18.7. The number of methoxy groups -OCH3 is 1. The molecule has 4 rings (SSSR count). The number of carbonyl (C=O) groups excluding carboxylic acids is 1. The smallest absolute Gasteiger partial charge is 0.253 e. The van der Waals surface area contributed by atoms with Gasteiger partial charge < -0.3 is 14.5 Å². The van der Waals surface area contributed by atoms with Gasteiger partial charge >= 0.3 is 0 Å². The second kappa shape index (κ2) is 8.17. The number of aromatic nitrogens is 2. The SMILES string of the molecule is COc1ccc(C(=O)N2CCCN(c3nc(C)nc4c3CCCC4)CC2)cc1. The minimum atomic E-state index is 0.0883. The van der Waals surface area contributed by atoms with Crippen molar-refractivity contribution < 1.29 is 9.53 Å². The van der Waals surface area contributed by atoms with Gasteiger partial charge in [0.05, 0.1) is 7.11 Å². The first-order valence-electron chi connectivity index (χ1n) is 10.2. The lowest BCUT2D eigenvalue weighted by Crippen LogP contribution is -2.36. The zero-order chi connectivity index (χ0) is 19.5. The van der Waals surface area contributed by atoms with E-state index in [-0.39, 0.29) is 5.91 Å². The Morgan fingerprint density at radius 2 is 1.75 bits per heavy atom. The highest BCUT2D eigenvalue weighted by molar-refractivity contribution is 5.94. The highest BCUT2D eigenvalue weighted by Gasteiger charge is 2.25. The van der Waals surface area contributed by atoms with Crippen molar-refractivity contribution in [2.75, 3.05) is 38.2 Å². The molecule has 1 aliphatic carbocycles. The van der Waals surface area contributed by atoms with E-state index in [1.54, 1.807) is 7.11 Å². The van der Waals surface area contributed by atoms with E-state index in [0.29, 0.717) is 12.1 Å². The molecular weight excluding hydrogens is 352 g/mol. The summed E-state index contributed by atoms with van der Waals surface area (Å²) < 4.78 is 5.19. The van der Waals surface area contributed by atoms with Crippen LogP contribution in [0.2, 0.25) is 0 Å². The fourth-order valence-electron chi connectivity index (χ4n) is 4.20. The molecule has 1 aromatic heterocycles. The Hall–Kier alpha value is -2.63. The van der Waals surface area contributed by atoms with E-state index in [9.17, 15) is 4.79 Å². The van der Waals surface area contributed by atoms with Gasteiger partial charge in [-0.15, -0.1) is 0 Å². The summed E-state index contributed by atoms with van der Waals surface area (Å²) in [6.45, 7) is 5.20. The molecule has 6 nitrogen and oxygen atoms in total. The molecule has 0 unspecified atom stereocenters. The van der Waals surface area contributed by atoms with Gasteiger partial charge in [-0.2, -0.15) is 0 Å². The van der Waals surface area contributed by atoms with Gasteiger partial charge in [0, 0.05) is 43.0 Å². The first-order valence-corrected chi connectivity index (χ1v) is 10.2. The number of rotatable bonds is 3. The Labute approximate surface area is 166 Å². The predicted octanol–water partition coefficient (Wildman–Crippen LogP) is 3.02. The van der Waals surface area contributed by atoms with Crippen LogP contribution in [0, 0.1) is 6.92 Å². The van der Waals surface area contributed by atoms with Crippen molar-refractivity contribution >= 4 is 11.7 Å². The summed E-state index contributed by atoms with van der Waals surface area (Å²) >= 11 is 0. The quantitative estimate of drug-likeness (QED) is 0.819. The fraction of sp³-hybridized carbons (Fsp3) is 0.500. The molecule has 1 amide bonds. The van der Waals surface area contributed by atoms with Gasteiger partial charge in [-0.1, -0.05) is 0 Å². The lowest BCUT2D eigenvalue weighted by atomic mass is 9.96. The average Bonchev–Trinajstić information content (AvgIpc) is 2.99. The highest BCUT2D eigenvalue weighted by atomic mass is 16.5. The minimum Gasteiger partial charge on any atom is -0.497 e. The topological polar surface area (TPSA) is 58.6 Å². The number of hydrogen-bond acceptors (Lipinski definition) is 5. The molecule has 0 saturated carbocycles. The minimum absolute atomic E-state index is 0.0883. The summed E-state index contributed by atoms with van der Waals surface area (Å²) in [7, 11) is 1.63. The Kier molecular flexibility index (Phi) is 5.46. The second-order valence-electron chi connectivity index (χ2n) is 7.59. The molecule has 148 valence electrons. The highest BCUT2D eigenvalue weighted by Crippen LogP contribution is 2.28. The standard InChI is InChI=1S/C22H28N4O2/c1-16-23-20-7-4-3-6-19(20)21(24-16)25-12-5-13-26(15-14-25)22(27)17-8-10-18(28-2)11-9-17/h8-11H,3-7,12-15H2,1-2H3. The molecule has 1 saturated heterocycles. The maximum Gasteiger partial charge on any atom is 0.253 e. The monoisotopic (exact) mass is 380 g/mol. The predicted molar refractivity (Wildman–Crippen MR) is 109 cm³/mol. The van der Waals surface area contributed by atoms with Gasteiger partial charge in [0.15, 0.2) is 0 Å². The van der Waals surface area contributed by atoms with Crippen LogP contribution in [-0.4, -0.2) is 54.1 Å². The number of nitrogens with zero attached hydrogens (tertiary/aromatic N) is 4. The van der Waals surface area contributed by atoms with Crippen LogP contribution >= 0.6 is 0 Å². The molecule has 2 aliphatic rings. The second-order valence-corrected chi connectivity index (χ2v) is 7.59. The molecule has 1 aromatic carbocycles. The third-order valence-electron chi connectivity index (χ3n) is 5.69. The zero-order valence-corrected chi connectivity index (χ0v) is 16.8. The molecule has 0 atom stereocenters. The van der Waals surface area contributed by atoms with Crippen molar-refractivity contribution in [2.45, 2.75) is 39.0 Å². The molecule has 2 aromatic rings. The van der Waals surface area contributed by atoms with Crippen LogP contribution in [0.4, 0.5) is 5.82 Å². The maximum atomic E-state index is 12.9. The molecule has 0 spiro atoms. The number of carbonyl (C=O) groups is 1. The van der Waals surface area contributed by atoms with Crippen LogP contribution in [0.3, 0.4) is 0 Å². The van der Waals surface area contributed by atoms with Gasteiger partial charge in [-0.3, -0.25) is 4.79 Å². The van der Waals surface area contributed by atoms with Gasteiger partial charge in [0.1, 0.15) is 17.4 Å². The van der Waals surface area contributed by atoms with Crippen molar-refractivity contribution in [1.29, 1.82) is 0 Å². The first-order chi connectivity index (χ1) is 13.7. The lowest BCUT2D eigenvalue weighted by Gasteiger charge is -2.27. The van der Waals surface area contributed by atoms with Crippen LogP contribution < -0.4 is 9.64 Å². The molecule has 1 fully saturated rings. The largest absolute Gasteiger partial charge is 0.497 e. The van der Waals surface area contributed by atoms with Crippen LogP contribution in [0.25, 0.3) is 0 Å². The number of anilines is 1. The van der Waals surface area contributed by atoms with Crippen molar-refractivity contribution in [3.63, 3.8) is 0 Å². The molecule has 2 heterocycles. The van der Waals surface area contributed by atoms with Crippen LogP contribution in [0.5, 0.6) is 5.75 Å². The summed E-state index contributed by atoms with van der Waals surface area (Å²) in [5, 5.41) is 0. The molecular formula is C22H28N4O2. The normalized spacial score (nSPS) is 17.1. The summed E-state index contributed by atoms with van der Waals surface area (Å²) in [5.74, 6) is 2.81. The maximum absolute atomic E-state index is 12.9. The molecule has 28 heavy (non-hydrogen) atoms. The van der Waals surface area contributed by atoms with Crippen molar-refractivity contribution in [3.05, 3.63) is 46.9 Å². The Morgan fingerprint density at radius 3 is 2.54 bits per heavy atom. The third kappa shape index (κ3) is 3.81. The van der Waals surface area contributed by atoms with Crippen molar-refractivity contribution in [3.8, 4) is 5.75 Å². The van der Waals surface area contributed by atoms with Crippen molar-refractivity contribution in [2.24, 2.45) is 0 Å². The van der Waals surface area contributed by atoms with Crippen LogP contribution in [-0.2, 0) is 12.8 Å². The number of aryl methyl sites for hydroxylation is 2. The van der Waals surface area contributed by atoms with E-state index < -0.39 is 0 Å². The molecule has 6 heteroatoms. The van der Waals surface area contributed by atoms with Gasteiger partial charge in [-0.25, -0.2) is 9.97 Å². The van der Waals surface area contributed by atoms with Gasteiger partial charge in [0.25, 0.3) is 5.91 Å². The zero-order valence-electron chi connectivity index (χ0n) is 16.8. The molecule has 1 aliphatic heterocycles. The molecule has 0 bridgehead atoms.